The third kappa shape index (κ3) is 5.82. The van der Waals surface area contributed by atoms with Crippen molar-refractivity contribution in [1.29, 1.82) is 0 Å². The molecule has 6 aromatic carbocycles. The standard InChI is InChI=1S/2C24H26NOP/c2*1-23(2)21-17-11-12-18-22(21)24(3,4)25(23)27(26,19-13-7-5-8-14-19)20-15-9-6-10-16-20/h2*5-18H,1-4H3. The van der Waals surface area contributed by atoms with Gasteiger partial charge in [0.25, 0.3) is 0 Å². The predicted octanol–water partition coefficient (Wildman–Crippen LogP) is 10.8. The van der Waals surface area contributed by atoms with Gasteiger partial charge in [-0.25, -0.2) is 9.34 Å². The Labute approximate surface area is 322 Å². The molecule has 0 radical (unpaired) electrons. The van der Waals surface area contributed by atoms with Crippen molar-refractivity contribution in [1.82, 2.24) is 9.34 Å². The fourth-order valence-corrected chi connectivity index (χ4v) is 16.7. The van der Waals surface area contributed by atoms with Crippen molar-refractivity contribution in [2.24, 2.45) is 0 Å². The molecule has 0 fully saturated rings. The maximum Gasteiger partial charge on any atom is 0.208 e. The van der Waals surface area contributed by atoms with Crippen molar-refractivity contribution in [3.05, 3.63) is 192 Å². The summed E-state index contributed by atoms with van der Waals surface area (Å²) >= 11 is 0. The zero-order chi connectivity index (χ0) is 38.6. The fourth-order valence-electron chi connectivity index (χ4n) is 9.64. The van der Waals surface area contributed by atoms with Crippen molar-refractivity contribution in [2.75, 3.05) is 0 Å². The summed E-state index contributed by atoms with van der Waals surface area (Å²) in [6.45, 7) is 17.5. The lowest BCUT2D eigenvalue weighted by molar-refractivity contribution is 0.147. The number of hydrogen-bond acceptors (Lipinski definition) is 2. The highest BCUT2D eigenvalue weighted by Crippen LogP contribution is 2.66. The van der Waals surface area contributed by atoms with Gasteiger partial charge >= 0.3 is 0 Å². The van der Waals surface area contributed by atoms with Crippen LogP contribution in [-0.2, 0) is 31.3 Å². The first-order chi connectivity index (χ1) is 25.6. The van der Waals surface area contributed by atoms with Gasteiger partial charge in [0.1, 0.15) is 0 Å². The van der Waals surface area contributed by atoms with E-state index in [9.17, 15) is 0 Å². The second-order valence-electron chi connectivity index (χ2n) is 16.4. The Morgan fingerprint density at radius 2 is 0.463 bits per heavy atom. The van der Waals surface area contributed by atoms with E-state index in [1.807, 2.05) is 121 Å². The first-order valence-electron chi connectivity index (χ1n) is 18.9. The van der Waals surface area contributed by atoms with Gasteiger partial charge in [-0.15, -0.1) is 0 Å². The van der Waals surface area contributed by atoms with E-state index in [0.29, 0.717) is 0 Å². The summed E-state index contributed by atoms with van der Waals surface area (Å²) < 4.78 is 34.6. The van der Waals surface area contributed by atoms with Crippen LogP contribution in [0.4, 0.5) is 0 Å². The van der Waals surface area contributed by atoms with Gasteiger partial charge in [0.2, 0.25) is 14.6 Å². The molecule has 0 bridgehead atoms. The summed E-state index contributed by atoms with van der Waals surface area (Å²) in [5.74, 6) is 0. The molecule has 0 spiro atoms. The normalized spacial score (nSPS) is 18.2. The van der Waals surface area contributed by atoms with Crippen LogP contribution >= 0.6 is 14.6 Å². The van der Waals surface area contributed by atoms with Crippen LogP contribution in [0.1, 0.15) is 77.6 Å². The monoisotopic (exact) mass is 750 g/mol. The molecule has 0 N–H and O–H groups in total. The summed E-state index contributed by atoms with van der Waals surface area (Å²) in [6, 6.07) is 56.8. The molecule has 8 rings (SSSR count). The molecular formula is C48H52N2O2P2. The van der Waals surface area contributed by atoms with Crippen LogP contribution in [0.15, 0.2) is 170 Å². The molecule has 0 saturated heterocycles. The minimum absolute atomic E-state index is 0.360. The van der Waals surface area contributed by atoms with E-state index < -0.39 is 14.6 Å². The van der Waals surface area contributed by atoms with E-state index in [1.165, 1.54) is 22.3 Å². The quantitative estimate of drug-likeness (QED) is 0.159. The topological polar surface area (TPSA) is 40.6 Å². The summed E-state index contributed by atoms with van der Waals surface area (Å²) in [4.78, 5) is 0. The third-order valence-corrected chi connectivity index (χ3v) is 18.7. The lowest BCUT2D eigenvalue weighted by Gasteiger charge is -2.46. The molecule has 6 aromatic rings. The van der Waals surface area contributed by atoms with Crippen LogP contribution in [0, 0.1) is 0 Å². The largest absolute Gasteiger partial charge is 0.296 e. The summed E-state index contributed by atoms with van der Waals surface area (Å²) in [5.41, 5.74) is 3.57. The maximum absolute atomic E-state index is 15.0. The van der Waals surface area contributed by atoms with Gasteiger partial charge in [0.15, 0.2) is 0 Å². The maximum atomic E-state index is 15.0. The molecule has 54 heavy (non-hydrogen) atoms. The van der Waals surface area contributed by atoms with Crippen LogP contribution in [0.25, 0.3) is 0 Å². The van der Waals surface area contributed by atoms with E-state index in [4.69, 9.17) is 0 Å². The Hall–Kier alpha value is -4.30. The van der Waals surface area contributed by atoms with E-state index >= 15 is 9.13 Å². The molecule has 4 nitrogen and oxygen atoms in total. The van der Waals surface area contributed by atoms with Gasteiger partial charge in [0, 0.05) is 43.4 Å². The Kier molecular flexibility index (Phi) is 9.69. The van der Waals surface area contributed by atoms with Crippen LogP contribution in [0.2, 0.25) is 0 Å². The molecule has 6 heteroatoms. The molecule has 0 unspecified atom stereocenters. The van der Waals surface area contributed by atoms with Crippen molar-refractivity contribution in [3.63, 3.8) is 0 Å². The van der Waals surface area contributed by atoms with Crippen molar-refractivity contribution in [2.45, 2.75) is 77.5 Å². The van der Waals surface area contributed by atoms with Crippen molar-refractivity contribution >= 4 is 35.8 Å². The van der Waals surface area contributed by atoms with Crippen molar-refractivity contribution in [3.8, 4) is 0 Å². The first kappa shape index (κ1) is 38.0. The van der Waals surface area contributed by atoms with E-state index in [0.717, 1.165) is 21.2 Å². The first-order valence-corrected chi connectivity index (χ1v) is 22.2. The third-order valence-electron chi connectivity index (χ3n) is 11.6. The Balaban J connectivity index is 0.000000167. The van der Waals surface area contributed by atoms with Crippen LogP contribution in [0.5, 0.6) is 0 Å². The molecule has 2 aliphatic heterocycles. The molecular weight excluding hydrogens is 698 g/mol. The predicted molar refractivity (Wildman–Crippen MR) is 228 cm³/mol. The number of rotatable bonds is 6. The molecule has 0 atom stereocenters. The highest BCUT2D eigenvalue weighted by atomic mass is 31.2. The summed E-state index contributed by atoms with van der Waals surface area (Å²) in [5, 5.41) is 3.52. The Morgan fingerprint density at radius 3 is 0.648 bits per heavy atom. The van der Waals surface area contributed by atoms with Crippen LogP contribution in [-0.4, -0.2) is 9.34 Å². The molecule has 0 aliphatic carbocycles. The van der Waals surface area contributed by atoms with Crippen LogP contribution in [0.3, 0.4) is 0 Å². The Morgan fingerprint density at radius 1 is 0.296 bits per heavy atom. The highest BCUT2D eigenvalue weighted by molar-refractivity contribution is 7.77. The smallest absolute Gasteiger partial charge is 0.208 e. The highest BCUT2D eigenvalue weighted by Gasteiger charge is 2.58. The molecule has 0 saturated carbocycles. The average molecular weight is 751 g/mol. The zero-order valence-electron chi connectivity index (χ0n) is 32.8. The molecule has 0 aromatic heterocycles. The second kappa shape index (κ2) is 13.8. The average Bonchev–Trinajstić information content (AvgIpc) is 3.47. The van der Waals surface area contributed by atoms with Gasteiger partial charge in [-0.2, -0.15) is 0 Å². The minimum atomic E-state index is -3.06. The molecule has 2 heterocycles. The molecule has 0 amide bonds. The lowest BCUT2D eigenvalue weighted by Crippen LogP contribution is -2.47. The van der Waals surface area contributed by atoms with E-state index in [1.54, 1.807) is 0 Å². The summed E-state index contributed by atoms with van der Waals surface area (Å²) in [6.07, 6.45) is 0. The number of nitrogens with zero attached hydrogens (tertiary/aromatic N) is 2. The van der Waals surface area contributed by atoms with Crippen molar-refractivity contribution < 1.29 is 9.13 Å². The van der Waals surface area contributed by atoms with Crippen LogP contribution < -0.4 is 21.2 Å². The van der Waals surface area contributed by atoms with E-state index in [2.05, 4.69) is 113 Å². The van der Waals surface area contributed by atoms with Gasteiger partial charge in [0.05, 0.1) is 0 Å². The number of fused-ring (bicyclic) bond motifs is 2. The van der Waals surface area contributed by atoms with E-state index in [-0.39, 0.29) is 22.2 Å². The minimum Gasteiger partial charge on any atom is -0.296 e. The van der Waals surface area contributed by atoms with Gasteiger partial charge < -0.3 is 0 Å². The molecule has 276 valence electrons. The zero-order valence-corrected chi connectivity index (χ0v) is 34.6. The molecule has 2 aliphatic rings. The summed E-state index contributed by atoms with van der Waals surface area (Å²) in [7, 11) is -6.13. The van der Waals surface area contributed by atoms with Gasteiger partial charge in [-0.3, -0.25) is 9.13 Å². The number of benzene rings is 6. The SMILES string of the molecule is CC1(C)c2ccccc2C(C)(C)N1P(=O)(c1ccccc1)c1ccccc1.CC1(C)c2ccccc2C(C)(C)N1P(=O)(c1ccccc1)c1ccccc1. The van der Waals surface area contributed by atoms with Gasteiger partial charge in [-0.1, -0.05) is 121 Å². The number of hydrogen-bond donors (Lipinski definition) is 0. The van der Waals surface area contributed by atoms with Gasteiger partial charge in [-0.05, 0) is 126 Å². The lowest BCUT2D eigenvalue weighted by atomic mass is 9.91. The fraction of sp³-hybridized carbons (Fsp3) is 0.250. The Bertz CT molecular complexity index is 2030. The second-order valence-corrected chi connectivity index (χ2v) is 21.6.